The first kappa shape index (κ1) is 17.4. The van der Waals surface area contributed by atoms with E-state index < -0.39 is 10.0 Å². The van der Waals surface area contributed by atoms with E-state index in [1.807, 2.05) is 0 Å². The van der Waals surface area contributed by atoms with Gasteiger partial charge in [0.05, 0.1) is 22.2 Å². The van der Waals surface area contributed by atoms with Crippen molar-refractivity contribution in [1.29, 1.82) is 0 Å². The number of sulfonamides is 1. The molecule has 0 aromatic heterocycles. The predicted molar refractivity (Wildman–Crippen MR) is 96.6 cm³/mol. The lowest BCUT2D eigenvalue weighted by molar-refractivity contribution is 0.171. The third kappa shape index (κ3) is 3.47. The van der Waals surface area contributed by atoms with E-state index in [2.05, 4.69) is 36.6 Å². The third-order valence-electron chi connectivity index (χ3n) is 3.31. The van der Waals surface area contributed by atoms with E-state index in [-0.39, 0.29) is 4.90 Å². The van der Waals surface area contributed by atoms with Gasteiger partial charge in [-0.3, -0.25) is 4.72 Å². The van der Waals surface area contributed by atoms with Gasteiger partial charge in [-0.05, 0) is 50.1 Å². The molecule has 0 aliphatic carbocycles. The van der Waals surface area contributed by atoms with Crippen molar-refractivity contribution < 1.29 is 22.6 Å². The topological polar surface area (TPSA) is 73.9 Å². The van der Waals surface area contributed by atoms with Gasteiger partial charge >= 0.3 is 0 Å². The summed E-state index contributed by atoms with van der Waals surface area (Å²) in [5.41, 5.74) is 0.367. The molecule has 2 aromatic carbocycles. The molecule has 1 heterocycles. The minimum absolute atomic E-state index is 0.108. The number of benzene rings is 2. The lowest BCUT2D eigenvalue weighted by Gasteiger charge is -2.20. The molecule has 3 rings (SSSR count). The van der Waals surface area contributed by atoms with Crippen molar-refractivity contribution in [3.63, 3.8) is 0 Å². The van der Waals surface area contributed by atoms with Gasteiger partial charge in [-0.15, -0.1) is 0 Å². The van der Waals surface area contributed by atoms with Crippen molar-refractivity contribution in [3.05, 3.63) is 39.3 Å². The van der Waals surface area contributed by atoms with Gasteiger partial charge in [0.15, 0.2) is 11.5 Å². The highest BCUT2D eigenvalue weighted by atomic mass is 79.9. The molecule has 0 spiro atoms. The Kier molecular flexibility index (Phi) is 4.93. The minimum atomic E-state index is -3.77. The summed E-state index contributed by atoms with van der Waals surface area (Å²) in [6.07, 6.45) is 0. The van der Waals surface area contributed by atoms with E-state index in [4.69, 9.17) is 14.2 Å². The summed E-state index contributed by atoms with van der Waals surface area (Å²) in [6.45, 7) is 0.886. The van der Waals surface area contributed by atoms with E-state index in [0.29, 0.717) is 45.1 Å². The molecule has 1 aliphatic rings. The third-order valence-corrected chi connectivity index (χ3v) is 5.95. The molecule has 0 amide bonds. The highest BCUT2D eigenvalue weighted by Gasteiger charge is 2.20. The van der Waals surface area contributed by atoms with Gasteiger partial charge in [0, 0.05) is 16.6 Å². The molecule has 0 atom stereocenters. The molecular formula is C15H13Br2NO5S. The van der Waals surface area contributed by atoms with Crippen LogP contribution >= 0.6 is 31.9 Å². The predicted octanol–water partition coefficient (Wildman–Crippen LogP) is 3.79. The highest BCUT2D eigenvalue weighted by Crippen LogP contribution is 2.39. The fourth-order valence-electron chi connectivity index (χ4n) is 2.16. The van der Waals surface area contributed by atoms with Gasteiger partial charge < -0.3 is 14.2 Å². The average Bonchev–Trinajstić information content (AvgIpc) is 2.55. The Hall–Kier alpha value is -1.45. The lowest BCUT2D eigenvalue weighted by atomic mass is 10.2. The smallest absolute Gasteiger partial charge is 0.261 e. The van der Waals surface area contributed by atoms with Crippen molar-refractivity contribution in [3.8, 4) is 17.2 Å². The lowest BCUT2D eigenvalue weighted by Crippen LogP contribution is -2.17. The van der Waals surface area contributed by atoms with Crippen LogP contribution in [0.25, 0.3) is 0 Å². The van der Waals surface area contributed by atoms with E-state index in [0.717, 1.165) is 0 Å². The number of halogens is 2. The number of nitrogens with one attached hydrogen (secondary N) is 1. The van der Waals surface area contributed by atoms with Crippen molar-refractivity contribution in [2.45, 2.75) is 4.90 Å². The zero-order valence-corrected chi connectivity index (χ0v) is 16.5. The number of ether oxygens (including phenoxy) is 3. The molecule has 0 unspecified atom stereocenters. The van der Waals surface area contributed by atoms with Crippen LogP contribution in [-0.2, 0) is 10.0 Å². The highest BCUT2D eigenvalue weighted by molar-refractivity contribution is 9.11. The quantitative estimate of drug-likeness (QED) is 0.723. The SMILES string of the molecule is COc1ccc(S(=O)(=O)Nc2cc3c(cc2Br)OCCO3)cc1Br. The second-order valence-electron chi connectivity index (χ2n) is 4.88. The molecular weight excluding hydrogens is 466 g/mol. The van der Waals surface area contributed by atoms with Crippen LogP contribution in [0.3, 0.4) is 0 Å². The Morgan fingerprint density at radius 1 is 1.04 bits per heavy atom. The first-order valence-corrected chi connectivity index (χ1v) is 9.93. The maximum atomic E-state index is 12.6. The van der Waals surface area contributed by atoms with Gasteiger partial charge in [0.1, 0.15) is 19.0 Å². The molecule has 128 valence electrons. The minimum Gasteiger partial charge on any atom is -0.496 e. The van der Waals surface area contributed by atoms with Gasteiger partial charge in [-0.2, -0.15) is 0 Å². The van der Waals surface area contributed by atoms with Gasteiger partial charge in [-0.25, -0.2) is 8.42 Å². The molecule has 0 radical (unpaired) electrons. The Morgan fingerprint density at radius 3 is 2.33 bits per heavy atom. The van der Waals surface area contributed by atoms with Crippen molar-refractivity contribution in [2.24, 2.45) is 0 Å². The summed E-state index contributed by atoms with van der Waals surface area (Å²) < 4.78 is 44.9. The van der Waals surface area contributed by atoms with Crippen LogP contribution in [0, 0.1) is 0 Å². The zero-order chi connectivity index (χ0) is 17.3. The second kappa shape index (κ2) is 6.81. The summed E-state index contributed by atoms with van der Waals surface area (Å²) >= 11 is 6.63. The largest absolute Gasteiger partial charge is 0.496 e. The summed E-state index contributed by atoms with van der Waals surface area (Å²) in [7, 11) is -2.26. The summed E-state index contributed by atoms with van der Waals surface area (Å²) in [5.74, 6) is 1.62. The van der Waals surface area contributed by atoms with Crippen molar-refractivity contribution in [1.82, 2.24) is 0 Å². The summed E-state index contributed by atoms with van der Waals surface area (Å²) in [5, 5.41) is 0. The van der Waals surface area contributed by atoms with E-state index in [1.165, 1.54) is 19.2 Å². The normalized spacial score (nSPS) is 13.5. The molecule has 0 saturated heterocycles. The van der Waals surface area contributed by atoms with Crippen LogP contribution < -0.4 is 18.9 Å². The Morgan fingerprint density at radius 2 is 1.71 bits per heavy atom. The fraction of sp³-hybridized carbons (Fsp3) is 0.200. The van der Waals surface area contributed by atoms with Crippen LogP contribution in [-0.4, -0.2) is 28.7 Å². The van der Waals surface area contributed by atoms with Crippen LogP contribution in [0.15, 0.2) is 44.2 Å². The van der Waals surface area contributed by atoms with Crippen molar-refractivity contribution in [2.75, 3.05) is 25.0 Å². The van der Waals surface area contributed by atoms with Gasteiger partial charge in [0.25, 0.3) is 10.0 Å². The van der Waals surface area contributed by atoms with E-state index in [1.54, 1.807) is 18.2 Å². The molecule has 24 heavy (non-hydrogen) atoms. The zero-order valence-electron chi connectivity index (χ0n) is 12.5. The summed E-state index contributed by atoms with van der Waals surface area (Å²) in [4.78, 5) is 0.108. The average molecular weight is 479 g/mol. The fourth-order valence-corrected chi connectivity index (χ4v) is 4.50. The van der Waals surface area contributed by atoms with E-state index in [9.17, 15) is 8.42 Å². The number of hydrogen-bond donors (Lipinski definition) is 1. The van der Waals surface area contributed by atoms with Gasteiger partial charge in [0.2, 0.25) is 0 Å². The maximum absolute atomic E-state index is 12.6. The first-order chi connectivity index (χ1) is 11.4. The number of hydrogen-bond acceptors (Lipinski definition) is 5. The number of rotatable bonds is 4. The number of fused-ring (bicyclic) bond motifs is 1. The molecule has 9 heteroatoms. The van der Waals surface area contributed by atoms with Crippen LogP contribution in [0.1, 0.15) is 0 Å². The number of anilines is 1. The molecule has 0 saturated carbocycles. The molecule has 0 bridgehead atoms. The van der Waals surface area contributed by atoms with Crippen LogP contribution in [0.4, 0.5) is 5.69 Å². The first-order valence-electron chi connectivity index (χ1n) is 6.86. The second-order valence-corrected chi connectivity index (χ2v) is 8.27. The standard InChI is InChI=1S/C15H13Br2NO5S/c1-21-13-3-2-9(6-11(13)17)24(19,20)18-12-8-15-14(7-10(12)16)22-4-5-23-15/h2-3,6-8,18H,4-5H2,1H3. The van der Waals surface area contributed by atoms with Crippen molar-refractivity contribution >= 4 is 47.6 Å². The van der Waals surface area contributed by atoms with Crippen LogP contribution in [0.5, 0.6) is 17.2 Å². The molecule has 0 fully saturated rings. The Balaban J connectivity index is 1.93. The monoisotopic (exact) mass is 477 g/mol. The molecule has 2 aromatic rings. The Labute approximate surface area is 156 Å². The number of methoxy groups -OCH3 is 1. The maximum Gasteiger partial charge on any atom is 0.261 e. The van der Waals surface area contributed by atoms with E-state index >= 15 is 0 Å². The molecule has 1 aliphatic heterocycles. The van der Waals surface area contributed by atoms with Crippen LogP contribution in [0.2, 0.25) is 0 Å². The summed E-state index contributed by atoms with van der Waals surface area (Å²) in [6, 6.07) is 7.80. The molecule has 6 nitrogen and oxygen atoms in total. The Bertz CT molecular complexity index is 886. The van der Waals surface area contributed by atoms with Gasteiger partial charge in [-0.1, -0.05) is 0 Å². The molecule has 1 N–H and O–H groups in total.